The van der Waals surface area contributed by atoms with Crippen molar-refractivity contribution in [3.8, 4) is 0 Å². The predicted molar refractivity (Wildman–Crippen MR) is 78.1 cm³/mol. The van der Waals surface area contributed by atoms with E-state index in [1.807, 2.05) is 0 Å². The molecule has 3 N–H and O–H groups in total. The molecule has 0 fully saturated rings. The highest BCUT2D eigenvalue weighted by Crippen LogP contribution is 2.29. The predicted octanol–water partition coefficient (Wildman–Crippen LogP) is 3.88. The maximum Gasteiger partial charge on any atom is 0.255 e. The molecule has 4 nitrogen and oxygen atoms in total. The van der Waals surface area contributed by atoms with E-state index in [4.69, 9.17) is 40.5 Å². The van der Waals surface area contributed by atoms with Crippen LogP contribution in [-0.4, -0.2) is 10.9 Å². The van der Waals surface area contributed by atoms with Gasteiger partial charge in [0.05, 0.1) is 15.7 Å². The first-order chi connectivity index (χ1) is 8.97. The number of halogens is 3. The third-order valence-corrected chi connectivity index (χ3v) is 3.33. The molecular weight excluding hydrogens is 309 g/mol. The number of carbonyl (C=O) groups is 1. The lowest BCUT2D eigenvalue weighted by Crippen LogP contribution is -2.12. The van der Waals surface area contributed by atoms with Crippen LogP contribution in [0.3, 0.4) is 0 Å². The summed E-state index contributed by atoms with van der Waals surface area (Å²) in [6.45, 7) is 0. The van der Waals surface area contributed by atoms with Crippen LogP contribution < -0.4 is 11.1 Å². The molecule has 1 amide bonds. The molecule has 0 saturated carbocycles. The van der Waals surface area contributed by atoms with Gasteiger partial charge in [0, 0.05) is 17.4 Å². The number of nitrogens with two attached hydrogens (primary N) is 1. The molecule has 2 aromatic rings. The van der Waals surface area contributed by atoms with E-state index < -0.39 is 0 Å². The Morgan fingerprint density at radius 1 is 1.21 bits per heavy atom. The zero-order valence-electron chi connectivity index (χ0n) is 9.45. The molecule has 19 heavy (non-hydrogen) atoms. The molecule has 0 aliphatic carbocycles. The van der Waals surface area contributed by atoms with E-state index in [2.05, 4.69) is 10.3 Å². The largest absolute Gasteiger partial charge is 0.397 e. The molecule has 0 unspecified atom stereocenters. The first-order valence-electron chi connectivity index (χ1n) is 5.15. The van der Waals surface area contributed by atoms with Gasteiger partial charge in [-0.3, -0.25) is 4.79 Å². The molecule has 7 heteroatoms. The monoisotopic (exact) mass is 315 g/mol. The maximum absolute atomic E-state index is 12.0. The van der Waals surface area contributed by atoms with Gasteiger partial charge < -0.3 is 11.1 Å². The highest BCUT2D eigenvalue weighted by molar-refractivity contribution is 6.44. The van der Waals surface area contributed by atoms with Gasteiger partial charge in [0.25, 0.3) is 5.91 Å². The van der Waals surface area contributed by atoms with Crippen LogP contribution in [0.15, 0.2) is 30.5 Å². The highest BCUT2D eigenvalue weighted by atomic mass is 35.5. The van der Waals surface area contributed by atoms with Crippen molar-refractivity contribution in [2.45, 2.75) is 0 Å². The number of hydrogen-bond donors (Lipinski definition) is 2. The smallest absolute Gasteiger partial charge is 0.255 e. The molecule has 2 rings (SSSR count). The summed E-state index contributed by atoms with van der Waals surface area (Å²) in [4.78, 5) is 15.8. The Hall–Kier alpha value is -1.49. The quantitative estimate of drug-likeness (QED) is 0.652. The summed E-state index contributed by atoms with van der Waals surface area (Å²) < 4.78 is 0. The van der Waals surface area contributed by atoms with Gasteiger partial charge in [-0.2, -0.15) is 0 Å². The summed E-state index contributed by atoms with van der Waals surface area (Å²) in [6.07, 6.45) is 1.49. The van der Waals surface area contributed by atoms with Gasteiger partial charge in [0.1, 0.15) is 5.15 Å². The third kappa shape index (κ3) is 3.29. The van der Waals surface area contributed by atoms with E-state index >= 15 is 0 Å². The Bertz CT molecular complexity index is 623. The number of nitrogens with zero attached hydrogens (tertiary/aromatic N) is 1. The Labute approximate surface area is 124 Å². The van der Waals surface area contributed by atoms with E-state index in [-0.39, 0.29) is 26.8 Å². The fourth-order valence-electron chi connectivity index (χ4n) is 1.42. The molecule has 0 atom stereocenters. The summed E-state index contributed by atoms with van der Waals surface area (Å²) in [5, 5.41) is 3.38. The van der Waals surface area contributed by atoms with Gasteiger partial charge in [0.2, 0.25) is 0 Å². The van der Waals surface area contributed by atoms with E-state index in [1.165, 1.54) is 24.4 Å². The minimum absolute atomic E-state index is 0.222. The number of anilines is 2. The summed E-state index contributed by atoms with van der Waals surface area (Å²) >= 11 is 17.4. The Balaban J connectivity index is 2.25. The molecule has 0 spiro atoms. The summed E-state index contributed by atoms with van der Waals surface area (Å²) in [5.41, 5.74) is 6.72. The van der Waals surface area contributed by atoms with E-state index in [0.29, 0.717) is 11.3 Å². The molecule has 0 aliphatic rings. The third-order valence-electron chi connectivity index (χ3n) is 2.30. The number of carbonyl (C=O) groups excluding carboxylic acids is 1. The fourth-order valence-corrected chi connectivity index (χ4v) is 1.93. The Morgan fingerprint density at radius 3 is 2.58 bits per heavy atom. The average Bonchev–Trinajstić information content (AvgIpc) is 2.35. The first kappa shape index (κ1) is 13.9. The minimum atomic E-state index is -0.368. The molecule has 0 bridgehead atoms. The average molecular weight is 317 g/mol. The normalized spacial score (nSPS) is 10.3. The van der Waals surface area contributed by atoms with Crippen molar-refractivity contribution in [3.63, 3.8) is 0 Å². The molecule has 1 heterocycles. The molecule has 1 aromatic heterocycles. The molecule has 0 saturated heterocycles. The van der Waals surface area contributed by atoms with Gasteiger partial charge in [-0.25, -0.2) is 4.98 Å². The van der Waals surface area contributed by atoms with Crippen LogP contribution in [0, 0.1) is 0 Å². The Morgan fingerprint density at radius 2 is 1.95 bits per heavy atom. The van der Waals surface area contributed by atoms with Crippen molar-refractivity contribution in [2.24, 2.45) is 0 Å². The fraction of sp³-hybridized carbons (Fsp3) is 0. The van der Waals surface area contributed by atoms with Crippen molar-refractivity contribution in [3.05, 3.63) is 51.2 Å². The summed E-state index contributed by atoms with van der Waals surface area (Å²) in [6, 6.07) is 6.04. The molecule has 0 radical (unpaired) electrons. The number of rotatable bonds is 2. The standard InChI is InChI=1S/C12H8Cl3N3O/c13-8-3-6(4-9(16)11(8)15)12(19)18-7-1-2-17-10(14)5-7/h1-5H,16H2,(H,17,18,19). The maximum atomic E-state index is 12.0. The highest BCUT2D eigenvalue weighted by Gasteiger charge is 2.11. The van der Waals surface area contributed by atoms with Gasteiger partial charge in [-0.15, -0.1) is 0 Å². The number of aromatic nitrogens is 1. The van der Waals surface area contributed by atoms with Gasteiger partial charge in [0.15, 0.2) is 0 Å². The minimum Gasteiger partial charge on any atom is -0.397 e. The second kappa shape index (κ2) is 5.65. The number of pyridine rings is 1. The second-order valence-corrected chi connectivity index (χ2v) is 4.86. The van der Waals surface area contributed by atoms with Crippen LogP contribution in [0.2, 0.25) is 15.2 Å². The number of benzene rings is 1. The summed E-state index contributed by atoms with van der Waals surface area (Å²) in [7, 11) is 0. The summed E-state index contributed by atoms with van der Waals surface area (Å²) in [5.74, 6) is -0.368. The van der Waals surface area contributed by atoms with E-state index in [0.717, 1.165) is 0 Å². The Kier molecular flexibility index (Phi) is 4.14. The van der Waals surface area contributed by atoms with Gasteiger partial charge >= 0.3 is 0 Å². The lowest BCUT2D eigenvalue weighted by molar-refractivity contribution is 0.102. The van der Waals surface area contributed by atoms with Crippen molar-refractivity contribution < 1.29 is 4.79 Å². The topological polar surface area (TPSA) is 68.0 Å². The lowest BCUT2D eigenvalue weighted by Gasteiger charge is -2.08. The zero-order chi connectivity index (χ0) is 14.0. The first-order valence-corrected chi connectivity index (χ1v) is 6.28. The number of amides is 1. The van der Waals surface area contributed by atoms with Crippen LogP contribution in [0.1, 0.15) is 10.4 Å². The van der Waals surface area contributed by atoms with Crippen molar-refractivity contribution in [2.75, 3.05) is 11.1 Å². The SMILES string of the molecule is Nc1cc(C(=O)Nc2ccnc(Cl)c2)cc(Cl)c1Cl. The van der Waals surface area contributed by atoms with Crippen LogP contribution >= 0.6 is 34.8 Å². The lowest BCUT2D eigenvalue weighted by atomic mass is 10.2. The molecule has 0 aliphatic heterocycles. The van der Waals surface area contributed by atoms with Crippen molar-refractivity contribution >= 4 is 52.1 Å². The van der Waals surface area contributed by atoms with Gasteiger partial charge in [-0.05, 0) is 24.3 Å². The molecule has 1 aromatic carbocycles. The van der Waals surface area contributed by atoms with E-state index in [9.17, 15) is 4.79 Å². The molecular formula is C12H8Cl3N3O. The molecule has 98 valence electrons. The van der Waals surface area contributed by atoms with Crippen LogP contribution in [0.4, 0.5) is 11.4 Å². The second-order valence-electron chi connectivity index (χ2n) is 3.68. The number of nitrogens with one attached hydrogen (secondary N) is 1. The van der Waals surface area contributed by atoms with Crippen molar-refractivity contribution in [1.82, 2.24) is 4.98 Å². The van der Waals surface area contributed by atoms with Crippen molar-refractivity contribution in [1.29, 1.82) is 0 Å². The zero-order valence-corrected chi connectivity index (χ0v) is 11.7. The number of hydrogen-bond acceptors (Lipinski definition) is 3. The van der Waals surface area contributed by atoms with E-state index in [1.54, 1.807) is 6.07 Å². The van der Waals surface area contributed by atoms with Crippen LogP contribution in [-0.2, 0) is 0 Å². The van der Waals surface area contributed by atoms with Crippen LogP contribution in [0.25, 0.3) is 0 Å². The van der Waals surface area contributed by atoms with Gasteiger partial charge in [-0.1, -0.05) is 34.8 Å². The number of nitrogen functional groups attached to an aromatic ring is 1. The van der Waals surface area contributed by atoms with Crippen LogP contribution in [0.5, 0.6) is 0 Å².